The van der Waals surface area contributed by atoms with Crippen LogP contribution in [0.5, 0.6) is 0 Å². The normalized spacial score (nSPS) is 10.5. The first-order valence-corrected chi connectivity index (χ1v) is 5.01. The van der Waals surface area contributed by atoms with Crippen LogP contribution in [0.15, 0.2) is 37.0 Å². The van der Waals surface area contributed by atoms with Crippen LogP contribution < -0.4 is 4.57 Å². The number of hydrogen-bond acceptors (Lipinski definition) is 0. The van der Waals surface area contributed by atoms with Crippen molar-refractivity contribution in [2.24, 2.45) is 0 Å². The number of rotatable bonds is 2. The van der Waals surface area contributed by atoms with Gasteiger partial charge in [0.25, 0.3) is 0 Å². The quantitative estimate of drug-likeness (QED) is 0.659. The Labute approximate surface area is 88.5 Å². The number of para-hydroxylation sites is 1. The van der Waals surface area contributed by atoms with Crippen molar-refractivity contribution in [2.45, 2.75) is 13.5 Å². The summed E-state index contributed by atoms with van der Waals surface area (Å²) in [6, 6.07) is 7.09. The lowest BCUT2D eigenvalue weighted by Crippen LogP contribution is -2.33. The van der Waals surface area contributed by atoms with Crippen LogP contribution in [0.3, 0.4) is 0 Å². The maximum Gasteiger partial charge on any atom is 0.249 e. The Balaban J connectivity index is 2.92. The fourth-order valence-corrected chi connectivity index (χ4v) is 1.82. The molecule has 0 spiro atoms. The molecule has 0 aliphatic rings. The first kappa shape index (κ1) is 9.84. The highest BCUT2D eigenvalue weighted by Gasteiger charge is 2.13. The molecule has 0 aliphatic heterocycles. The number of nitrogens with zero attached hydrogens (tertiary/aromatic N) is 1. The molecule has 15 heavy (non-hydrogen) atoms. The molecule has 2 heteroatoms. The van der Waals surface area contributed by atoms with Crippen LogP contribution in [0.4, 0.5) is 4.39 Å². The van der Waals surface area contributed by atoms with Gasteiger partial charge in [0.1, 0.15) is 6.54 Å². The van der Waals surface area contributed by atoms with E-state index in [1.54, 1.807) is 12.1 Å². The highest BCUT2D eigenvalue weighted by Crippen LogP contribution is 2.18. The molecule has 0 unspecified atom stereocenters. The van der Waals surface area contributed by atoms with Gasteiger partial charge in [-0.05, 0) is 24.6 Å². The van der Waals surface area contributed by atoms with Crippen LogP contribution in [-0.4, -0.2) is 0 Å². The third-order valence-electron chi connectivity index (χ3n) is 2.58. The topological polar surface area (TPSA) is 3.88 Å². The zero-order valence-corrected chi connectivity index (χ0v) is 8.70. The SMILES string of the molecule is C=Cc1cc[n+](CC)c2c(F)cccc12. The fourth-order valence-electron chi connectivity index (χ4n) is 1.82. The predicted octanol–water partition coefficient (Wildman–Crippen LogP) is 2.93. The molecular formula is C13H13FN+. The highest BCUT2D eigenvalue weighted by molar-refractivity contribution is 5.85. The lowest BCUT2D eigenvalue weighted by Gasteiger charge is -2.02. The van der Waals surface area contributed by atoms with Gasteiger partial charge in [0.05, 0.1) is 5.39 Å². The second-order valence-corrected chi connectivity index (χ2v) is 3.40. The van der Waals surface area contributed by atoms with E-state index in [4.69, 9.17) is 0 Å². The Hall–Kier alpha value is -1.70. The van der Waals surface area contributed by atoms with E-state index in [-0.39, 0.29) is 5.82 Å². The molecule has 0 saturated carbocycles. The van der Waals surface area contributed by atoms with Crippen molar-refractivity contribution in [2.75, 3.05) is 0 Å². The molecule has 0 aliphatic carbocycles. The molecule has 2 aromatic rings. The zero-order chi connectivity index (χ0) is 10.8. The molecule has 0 atom stereocenters. The van der Waals surface area contributed by atoms with Crippen LogP contribution in [0.2, 0.25) is 0 Å². The molecule has 76 valence electrons. The van der Waals surface area contributed by atoms with Crippen molar-refractivity contribution in [3.63, 3.8) is 0 Å². The maximum atomic E-state index is 13.7. The van der Waals surface area contributed by atoms with Crippen molar-refractivity contribution < 1.29 is 8.96 Å². The van der Waals surface area contributed by atoms with Gasteiger partial charge in [0.15, 0.2) is 12.0 Å². The smallest absolute Gasteiger partial charge is 0.200 e. The number of fused-ring (bicyclic) bond motifs is 1. The van der Waals surface area contributed by atoms with Gasteiger partial charge in [-0.15, -0.1) is 0 Å². The Morgan fingerprint density at radius 3 is 2.87 bits per heavy atom. The average molecular weight is 202 g/mol. The number of pyridine rings is 1. The zero-order valence-electron chi connectivity index (χ0n) is 8.70. The monoisotopic (exact) mass is 202 g/mol. The minimum Gasteiger partial charge on any atom is -0.200 e. The summed E-state index contributed by atoms with van der Waals surface area (Å²) in [7, 11) is 0. The molecule has 1 aromatic carbocycles. The Kier molecular flexibility index (Phi) is 2.50. The average Bonchev–Trinajstić information content (AvgIpc) is 2.28. The van der Waals surface area contributed by atoms with Crippen LogP contribution in [-0.2, 0) is 6.54 Å². The molecular weight excluding hydrogens is 189 g/mol. The summed E-state index contributed by atoms with van der Waals surface area (Å²) >= 11 is 0. The summed E-state index contributed by atoms with van der Waals surface area (Å²) in [5, 5.41) is 0.911. The van der Waals surface area contributed by atoms with E-state index >= 15 is 0 Å². The maximum absolute atomic E-state index is 13.7. The van der Waals surface area contributed by atoms with Gasteiger partial charge in [-0.1, -0.05) is 18.7 Å². The molecule has 1 heterocycles. The number of benzene rings is 1. The van der Waals surface area contributed by atoms with E-state index in [0.29, 0.717) is 5.52 Å². The van der Waals surface area contributed by atoms with E-state index in [2.05, 4.69) is 6.58 Å². The van der Waals surface area contributed by atoms with Crippen molar-refractivity contribution in [1.82, 2.24) is 0 Å². The molecule has 2 rings (SSSR count). The Morgan fingerprint density at radius 1 is 1.40 bits per heavy atom. The second kappa shape index (κ2) is 3.81. The molecule has 0 amide bonds. The number of hydrogen-bond donors (Lipinski definition) is 0. The summed E-state index contributed by atoms with van der Waals surface area (Å²) in [5.74, 6) is -0.182. The first-order chi connectivity index (χ1) is 7.27. The molecule has 1 aromatic heterocycles. The minimum atomic E-state index is -0.182. The van der Waals surface area contributed by atoms with Crippen LogP contribution in [0.1, 0.15) is 12.5 Å². The molecule has 0 radical (unpaired) electrons. The second-order valence-electron chi connectivity index (χ2n) is 3.40. The molecule has 0 N–H and O–H groups in total. The molecule has 0 saturated heterocycles. The third kappa shape index (κ3) is 1.52. The summed E-state index contributed by atoms with van der Waals surface area (Å²) in [6.45, 7) is 6.49. The van der Waals surface area contributed by atoms with Crippen LogP contribution >= 0.6 is 0 Å². The van der Waals surface area contributed by atoms with E-state index in [9.17, 15) is 4.39 Å². The summed E-state index contributed by atoms with van der Waals surface area (Å²) in [4.78, 5) is 0. The van der Waals surface area contributed by atoms with Gasteiger partial charge in [-0.25, -0.2) is 0 Å². The standard InChI is InChI=1S/C13H13FN/c1-3-10-8-9-15(4-2)13-11(10)6-5-7-12(13)14/h3,5-9H,1,4H2,2H3/q+1. The largest absolute Gasteiger partial charge is 0.249 e. The summed E-state index contributed by atoms with van der Waals surface area (Å²) in [6.07, 6.45) is 3.64. The van der Waals surface area contributed by atoms with E-state index in [0.717, 1.165) is 17.5 Å². The minimum absolute atomic E-state index is 0.182. The van der Waals surface area contributed by atoms with Crippen molar-refractivity contribution in [3.05, 3.63) is 48.4 Å². The fraction of sp³-hybridized carbons (Fsp3) is 0.154. The Bertz CT molecular complexity index is 517. The number of aryl methyl sites for hydroxylation is 1. The van der Waals surface area contributed by atoms with Crippen LogP contribution in [0, 0.1) is 5.82 Å². The van der Waals surface area contributed by atoms with Gasteiger partial charge in [0, 0.05) is 6.07 Å². The predicted molar refractivity (Wildman–Crippen MR) is 59.9 cm³/mol. The number of halogens is 1. The van der Waals surface area contributed by atoms with Gasteiger partial charge < -0.3 is 0 Å². The van der Waals surface area contributed by atoms with Crippen LogP contribution in [0.25, 0.3) is 17.0 Å². The van der Waals surface area contributed by atoms with Crippen molar-refractivity contribution in [3.8, 4) is 0 Å². The summed E-state index contributed by atoms with van der Waals surface area (Å²) in [5.41, 5.74) is 1.62. The van der Waals surface area contributed by atoms with E-state index in [1.165, 1.54) is 6.07 Å². The number of aromatic nitrogens is 1. The van der Waals surface area contributed by atoms with Gasteiger partial charge >= 0.3 is 0 Å². The lowest BCUT2D eigenvalue weighted by molar-refractivity contribution is -0.668. The van der Waals surface area contributed by atoms with Gasteiger partial charge in [-0.2, -0.15) is 8.96 Å². The molecule has 0 fully saturated rings. The van der Waals surface area contributed by atoms with E-state index < -0.39 is 0 Å². The molecule has 0 bridgehead atoms. The summed E-state index contributed by atoms with van der Waals surface area (Å²) < 4.78 is 15.6. The Morgan fingerprint density at radius 2 is 2.20 bits per heavy atom. The highest BCUT2D eigenvalue weighted by atomic mass is 19.1. The van der Waals surface area contributed by atoms with Gasteiger partial charge in [-0.3, -0.25) is 0 Å². The first-order valence-electron chi connectivity index (χ1n) is 5.01. The van der Waals surface area contributed by atoms with Gasteiger partial charge in [0.2, 0.25) is 5.52 Å². The third-order valence-corrected chi connectivity index (χ3v) is 2.58. The van der Waals surface area contributed by atoms with E-state index in [1.807, 2.05) is 29.8 Å². The molecule has 1 nitrogen and oxygen atoms in total. The van der Waals surface area contributed by atoms with Crippen molar-refractivity contribution in [1.29, 1.82) is 0 Å². The van der Waals surface area contributed by atoms with Crippen molar-refractivity contribution >= 4 is 17.0 Å². The lowest BCUT2D eigenvalue weighted by atomic mass is 10.1.